The van der Waals surface area contributed by atoms with Gasteiger partial charge in [-0.15, -0.1) is 12.4 Å². The molecule has 0 aliphatic carbocycles. The Morgan fingerprint density at radius 1 is 1.37 bits per heavy atom. The quantitative estimate of drug-likeness (QED) is 0.879. The third-order valence-electron chi connectivity index (χ3n) is 2.96. The Bertz CT molecular complexity index is 563. The lowest BCUT2D eigenvalue weighted by molar-refractivity contribution is 0.191. The minimum absolute atomic E-state index is 0. The van der Waals surface area contributed by atoms with Crippen LogP contribution in [0.25, 0.3) is 11.4 Å². The maximum Gasteiger partial charge on any atom is 0.244 e. The SMILES string of the molecule is Cl.O[C@H]1CN[C@@H](c2nc(-c3ccccc3F)no2)C1. The van der Waals surface area contributed by atoms with E-state index in [9.17, 15) is 9.50 Å². The number of hydrogen-bond donors (Lipinski definition) is 2. The number of hydrogen-bond acceptors (Lipinski definition) is 5. The van der Waals surface area contributed by atoms with E-state index in [1.54, 1.807) is 18.2 Å². The van der Waals surface area contributed by atoms with Gasteiger partial charge in [-0.1, -0.05) is 17.3 Å². The zero-order valence-electron chi connectivity index (χ0n) is 9.91. The molecule has 0 amide bonds. The highest BCUT2D eigenvalue weighted by Crippen LogP contribution is 2.25. The van der Waals surface area contributed by atoms with Gasteiger partial charge < -0.3 is 14.9 Å². The molecule has 1 aromatic heterocycles. The Balaban J connectivity index is 0.00000133. The van der Waals surface area contributed by atoms with Crippen molar-refractivity contribution in [3.05, 3.63) is 36.0 Å². The first kappa shape index (κ1) is 13.9. The standard InChI is InChI=1S/C12H12FN3O2.ClH/c13-9-4-2-1-3-8(9)11-15-12(18-16-11)10-5-7(17)6-14-10;/h1-4,7,10,14,17H,5-6H2;1H/t7-,10-;/m1./s1. The van der Waals surface area contributed by atoms with Crippen molar-refractivity contribution in [1.29, 1.82) is 0 Å². The Kier molecular flexibility index (Phi) is 4.14. The lowest BCUT2D eigenvalue weighted by Crippen LogP contribution is -2.15. The molecule has 19 heavy (non-hydrogen) atoms. The van der Waals surface area contributed by atoms with Gasteiger partial charge in [-0.25, -0.2) is 4.39 Å². The first-order valence-electron chi connectivity index (χ1n) is 5.74. The molecule has 1 aromatic carbocycles. The first-order chi connectivity index (χ1) is 8.74. The van der Waals surface area contributed by atoms with Gasteiger partial charge in [-0.2, -0.15) is 4.98 Å². The van der Waals surface area contributed by atoms with Crippen LogP contribution in [0, 0.1) is 5.82 Å². The average molecular weight is 286 g/mol. The topological polar surface area (TPSA) is 71.2 Å². The maximum absolute atomic E-state index is 13.5. The number of benzene rings is 1. The van der Waals surface area contributed by atoms with Gasteiger partial charge in [-0.05, 0) is 18.6 Å². The summed E-state index contributed by atoms with van der Waals surface area (Å²) in [5, 5.41) is 16.2. The Hall–Kier alpha value is -1.50. The predicted octanol–water partition coefficient (Wildman–Crippen LogP) is 1.69. The normalized spacial score (nSPS) is 22.2. The average Bonchev–Trinajstić information content (AvgIpc) is 2.98. The lowest BCUT2D eigenvalue weighted by atomic mass is 10.2. The second-order valence-corrected chi connectivity index (χ2v) is 4.29. The molecule has 1 aliphatic heterocycles. The number of halogens is 2. The van der Waals surface area contributed by atoms with Crippen LogP contribution in [0.2, 0.25) is 0 Å². The summed E-state index contributed by atoms with van der Waals surface area (Å²) in [6, 6.07) is 6.11. The van der Waals surface area contributed by atoms with Crippen LogP contribution in [0.5, 0.6) is 0 Å². The molecule has 5 nitrogen and oxygen atoms in total. The van der Waals surface area contributed by atoms with Gasteiger partial charge in [0.1, 0.15) is 5.82 Å². The summed E-state index contributed by atoms with van der Waals surface area (Å²) >= 11 is 0. The summed E-state index contributed by atoms with van der Waals surface area (Å²) in [5.74, 6) is 0.223. The first-order valence-corrected chi connectivity index (χ1v) is 5.74. The molecule has 0 bridgehead atoms. The number of aliphatic hydroxyl groups is 1. The summed E-state index contributed by atoms with van der Waals surface area (Å²) in [4.78, 5) is 4.17. The van der Waals surface area contributed by atoms with Gasteiger partial charge >= 0.3 is 0 Å². The van der Waals surface area contributed by atoms with Crippen molar-refractivity contribution in [3.63, 3.8) is 0 Å². The molecule has 3 rings (SSSR count). The highest BCUT2D eigenvalue weighted by atomic mass is 35.5. The molecule has 0 saturated carbocycles. The number of nitrogens with zero attached hydrogens (tertiary/aromatic N) is 2. The van der Waals surface area contributed by atoms with Crippen LogP contribution < -0.4 is 5.32 Å². The van der Waals surface area contributed by atoms with Crippen LogP contribution in [-0.2, 0) is 0 Å². The van der Waals surface area contributed by atoms with Gasteiger partial charge in [0.2, 0.25) is 11.7 Å². The second-order valence-electron chi connectivity index (χ2n) is 4.29. The molecule has 2 atom stereocenters. The summed E-state index contributed by atoms with van der Waals surface area (Å²) in [7, 11) is 0. The highest BCUT2D eigenvalue weighted by Gasteiger charge is 2.28. The van der Waals surface area contributed by atoms with Gasteiger partial charge in [0.05, 0.1) is 17.7 Å². The molecule has 102 valence electrons. The predicted molar refractivity (Wildman–Crippen MR) is 68.3 cm³/mol. The minimum Gasteiger partial charge on any atom is -0.392 e. The third-order valence-corrected chi connectivity index (χ3v) is 2.96. The van der Waals surface area contributed by atoms with E-state index in [1.165, 1.54) is 6.07 Å². The molecular formula is C12H13ClFN3O2. The molecule has 1 fully saturated rings. The summed E-state index contributed by atoms with van der Waals surface area (Å²) in [6.07, 6.45) is 0.123. The smallest absolute Gasteiger partial charge is 0.244 e. The van der Waals surface area contributed by atoms with E-state index >= 15 is 0 Å². The van der Waals surface area contributed by atoms with E-state index in [4.69, 9.17) is 4.52 Å². The van der Waals surface area contributed by atoms with Crippen molar-refractivity contribution in [2.24, 2.45) is 0 Å². The minimum atomic E-state index is -0.404. The summed E-state index contributed by atoms with van der Waals surface area (Å²) in [6.45, 7) is 0.502. The number of β-amino-alcohol motifs (C(OH)–C–C–N with tert-alkyl or cyclic N) is 1. The number of rotatable bonds is 2. The second kappa shape index (κ2) is 5.64. The fourth-order valence-electron chi connectivity index (χ4n) is 2.03. The number of aliphatic hydroxyl groups excluding tert-OH is 1. The van der Waals surface area contributed by atoms with Crippen molar-refractivity contribution >= 4 is 12.4 Å². The fourth-order valence-corrected chi connectivity index (χ4v) is 2.03. The molecule has 7 heteroatoms. The van der Waals surface area contributed by atoms with Crippen LogP contribution in [0.3, 0.4) is 0 Å². The zero-order chi connectivity index (χ0) is 12.5. The van der Waals surface area contributed by atoms with Gasteiger partial charge in [-0.3, -0.25) is 0 Å². The number of aromatic nitrogens is 2. The van der Waals surface area contributed by atoms with Crippen molar-refractivity contribution in [2.75, 3.05) is 6.54 Å². The Morgan fingerprint density at radius 2 is 2.16 bits per heavy atom. The molecular weight excluding hydrogens is 273 g/mol. The molecule has 2 N–H and O–H groups in total. The Morgan fingerprint density at radius 3 is 2.84 bits per heavy atom. The summed E-state index contributed by atoms with van der Waals surface area (Å²) < 4.78 is 18.7. The van der Waals surface area contributed by atoms with E-state index in [2.05, 4.69) is 15.5 Å². The molecule has 0 unspecified atom stereocenters. The monoisotopic (exact) mass is 285 g/mol. The highest BCUT2D eigenvalue weighted by molar-refractivity contribution is 5.85. The molecule has 1 saturated heterocycles. The fraction of sp³-hybridized carbons (Fsp3) is 0.333. The van der Waals surface area contributed by atoms with E-state index in [1.807, 2.05) is 0 Å². The maximum atomic E-state index is 13.5. The Labute approximate surface area is 115 Å². The van der Waals surface area contributed by atoms with E-state index in [0.29, 0.717) is 24.4 Å². The van der Waals surface area contributed by atoms with Crippen LogP contribution in [-0.4, -0.2) is 27.9 Å². The van der Waals surface area contributed by atoms with Crippen LogP contribution in [0.1, 0.15) is 18.4 Å². The number of nitrogens with one attached hydrogen (secondary N) is 1. The van der Waals surface area contributed by atoms with E-state index < -0.39 is 6.10 Å². The largest absolute Gasteiger partial charge is 0.392 e. The van der Waals surface area contributed by atoms with E-state index in [-0.39, 0.29) is 30.1 Å². The van der Waals surface area contributed by atoms with Crippen molar-refractivity contribution in [2.45, 2.75) is 18.6 Å². The van der Waals surface area contributed by atoms with Crippen molar-refractivity contribution < 1.29 is 14.0 Å². The molecule has 1 aliphatic rings. The molecule has 2 aromatic rings. The van der Waals surface area contributed by atoms with Crippen molar-refractivity contribution in [1.82, 2.24) is 15.5 Å². The summed E-state index contributed by atoms with van der Waals surface area (Å²) in [5.41, 5.74) is 0.311. The lowest BCUT2D eigenvalue weighted by Gasteiger charge is -2.01. The van der Waals surface area contributed by atoms with Gasteiger partial charge in [0.25, 0.3) is 0 Å². The van der Waals surface area contributed by atoms with Crippen LogP contribution in [0.15, 0.2) is 28.8 Å². The van der Waals surface area contributed by atoms with Gasteiger partial charge in [0.15, 0.2) is 0 Å². The molecule has 2 heterocycles. The molecule has 0 radical (unpaired) electrons. The third kappa shape index (κ3) is 2.75. The van der Waals surface area contributed by atoms with Crippen LogP contribution in [0.4, 0.5) is 4.39 Å². The molecule has 0 spiro atoms. The van der Waals surface area contributed by atoms with Crippen molar-refractivity contribution in [3.8, 4) is 11.4 Å². The van der Waals surface area contributed by atoms with Crippen LogP contribution >= 0.6 is 12.4 Å². The van der Waals surface area contributed by atoms with E-state index in [0.717, 1.165) is 0 Å². The zero-order valence-corrected chi connectivity index (χ0v) is 10.7. The van der Waals surface area contributed by atoms with Gasteiger partial charge in [0, 0.05) is 6.54 Å².